The van der Waals surface area contributed by atoms with E-state index >= 15 is 0 Å². The van der Waals surface area contributed by atoms with Crippen LogP contribution in [0.25, 0.3) is 43.2 Å². The maximum Gasteiger partial charge on any atom is 0.138 e. The number of pyridine rings is 1. The SMILES string of the molecule is c1ccc(-c2nc3cccc(-c4nc5ccncc5s4)c3[nH]2)cc1. The van der Waals surface area contributed by atoms with E-state index < -0.39 is 0 Å². The van der Waals surface area contributed by atoms with Crippen LogP contribution in [0.5, 0.6) is 0 Å². The first-order chi connectivity index (χ1) is 11.9. The molecule has 0 spiro atoms. The Hall–Kier alpha value is -3.05. The van der Waals surface area contributed by atoms with Crippen LogP contribution < -0.4 is 0 Å². The van der Waals surface area contributed by atoms with Gasteiger partial charge in [-0.05, 0) is 18.2 Å². The Morgan fingerprint density at radius 3 is 2.62 bits per heavy atom. The fourth-order valence-electron chi connectivity index (χ4n) is 2.84. The number of rotatable bonds is 2. The van der Waals surface area contributed by atoms with Crippen molar-refractivity contribution in [3.8, 4) is 22.0 Å². The van der Waals surface area contributed by atoms with Gasteiger partial charge in [-0.15, -0.1) is 11.3 Å². The number of nitrogens with one attached hydrogen (secondary N) is 1. The zero-order valence-corrected chi connectivity index (χ0v) is 13.4. The summed E-state index contributed by atoms with van der Waals surface area (Å²) >= 11 is 1.65. The number of para-hydroxylation sites is 1. The van der Waals surface area contributed by atoms with Gasteiger partial charge in [0.25, 0.3) is 0 Å². The molecule has 114 valence electrons. The molecular weight excluding hydrogens is 316 g/mol. The maximum atomic E-state index is 4.75. The summed E-state index contributed by atoms with van der Waals surface area (Å²) in [4.78, 5) is 17.1. The van der Waals surface area contributed by atoms with Gasteiger partial charge in [-0.1, -0.05) is 36.4 Å². The molecule has 0 radical (unpaired) electrons. The van der Waals surface area contributed by atoms with Gasteiger partial charge in [0.2, 0.25) is 0 Å². The molecule has 5 rings (SSSR count). The maximum absolute atomic E-state index is 4.75. The van der Waals surface area contributed by atoms with E-state index in [0.717, 1.165) is 43.2 Å². The van der Waals surface area contributed by atoms with Crippen LogP contribution in [0.3, 0.4) is 0 Å². The van der Waals surface area contributed by atoms with E-state index in [1.165, 1.54) is 0 Å². The van der Waals surface area contributed by atoms with Crippen LogP contribution in [-0.2, 0) is 0 Å². The molecule has 0 unspecified atom stereocenters. The van der Waals surface area contributed by atoms with Crippen molar-refractivity contribution < 1.29 is 0 Å². The Kier molecular flexibility index (Phi) is 2.93. The van der Waals surface area contributed by atoms with Crippen LogP contribution in [0.4, 0.5) is 0 Å². The average Bonchev–Trinajstić information content (AvgIpc) is 3.26. The molecule has 0 aliphatic heterocycles. The molecule has 0 bridgehead atoms. The highest BCUT2D eigenvalue weighted by atomic mass is 32.1. The molecule has 5 aromatic rings. The van der Waals surface area contributed by atoms with Gasteiger partial charge in [0, 0.05) is 23.5 Å². The standard InChI is InChI=1S/C19H12N4S/c1-2-5-12(6-3-1)18-21-15-8-4-7-13(17(15)23-18)19-22-14-9-10-20-11-16(14)24-19/h1-11H,(H,21,23). The number of hydrogen-bond donors (Lipinski definition) is 1. The summed E-state index contributed by atoms with van der Waals surface area (Å²) in [5, 5.41) is 0.979. The third-order valence-electron chi connectivity index (χ3n) is 3.99. The van der Waals surface area contributed by atoms with E-state index in [4.69, 9.17) is 9.97 Å². The molecular formula is C19H12N4S. The second kappa shape index (κ2) is 5.25. The molecule has 0 aliphatic carbocycles. The van der Waals surface area contributed by atoms with Crippen molar-refractivity contribution in [2.45, 2.75) is 0 Å². The Balaban J connectivity index is 1.72. The molecule has 3 heterocycles. The fourth-order valence-corrected chi connectivity index (χ4v) is 3.80. The van der Waals surface area contributed by atoms with E-state index in [9.17, 15) is 0 Å². The number of fused-ring (bicyclic) bond motifs is 2. The summed E-state index contributed by atoms with van der Waals surface area (Å²) in [5.74, 6) is 0.876. The molecule has 0 aliphatic rings. The smallest absolute Gasteiger partial charge is 0.138 e. The number of imidazole rings is 1. The molecule has 0 atom stereocenters. The molecule has 0 saturated carbocycles. The Morgan fingerprint density at radius 2 is 1.75 bits per heavy atom. The van der Waals surface area contributed by atoms with Gasteiger partial charge < -0.3 is 4.98 Å². The van der Waals surface area contributed by atoms with Crippen LogP contribution in [0.1, 0.15) is 0 Å². The zero-order valence-electron chi connectivity index (χ0n) is 12.6. The number of hydrogen-bond acceptors (Lipinski definition) is 4. The zero-order chi connectivity index (χ0) is 15.9. The van der Waals surface area contributed by atoms with Crippen LogP contribution in [0.15, 0.2) is 67.0 Å². The van der Waals surface area contributed by atoms with Gasteiger partial charge in [0.15, 0.2) is 0 Å². The van der Waals surface area contributed by atoms with Crippen molar-refractivity contribution in [3.63, 3.8) is 0 Å². The van der Waals surface area contributed by atoms with E-state index in [2.05, 4.69) is 28.2 Å². The summed E-state index contributed by atoms with van der Waals surface area (Å²) in [7, 11) is 0. The third kappa shape index (κ3) is 2.10. The molecule has 0 saturated heterocycles. The number of thiazole rings is 1. The van der Waals surface area contributed by atoms with Gasteiger partial charge in [-0.3, -0.25) is 4.98 Å². The number of benzene rings is 2. The Bertz CT molecular complexity index is 1120. The Labute approximate surface area is 141 Å². The lowest BCUT2D eigenvalue weighted by Crippen LogP contribution is -1.80. The third-order valence-corrected chi connectivity index (χ3v) is 5.03. The van der Waals surface area contributed by atoms with E-state index in [1.807, 2.05) is 42.6 Å². The van der Waals surface area contributed by atoms with Crippen LogP contribution in [0.2, 0.25) is 0 Å². The Morgan fingerprint density at radius 1 is 0.833 bits per heavy atom. The summed E-state index contributed by atoms with van der Waals surface area (Å²) in [6.07, 6.45) is 3.63. The largest absolute Gasteiger partial charge is 0.337 e. The predicted octanol–water partition coefficient (Wildman–Crippen LogP) is 4.90. The minimum atomic E-state index is 0.876. The molecule has 5 heteroatoms. The monoisotopic (exact) mass is 328 g/mol. The summed E-state index contributed by atoms with van der Waals surface area (Å²) in [6, 6.07) is 18.2. The summed E-state index contributed by atoms with van der Waals surface area (Å²) < 4.78 is 1.09. The minimum absolute atomic E-state index is 0.876. The molecule has 3 aromatic heterocycles. The molecule has 2 aromatic carbocycles. The molecule has 4 nitrogen and oxygen atoms in total. The predicted molar refractivity (Wildman–Crippen MR) is 97.9 cm³/mol. The average molecular weight is 328 g/mol. The quantitative estimate of drug-likeness (QED) is 0.501. The topological polar surface area (TPSA) is 54.5 Å². The second-order valence-electron chi connectivity index (χ2n) is 5.51. The summed E-state index contributed by atoms with van der Waals surface area (Å²) in [5.41, 5.74) is 5.09. The van der Waals surface area contributed by atoms with Crippen molar-refractivity contribution in [1.82, 2.24) is 19.9 Å². The van der Waals surface area contributed by atoms with E-state index in [1.54, 1.807) is 17.5 Å². The highest BCUT2D eigenvalue weighted by molar-refractivity contribution is 7.21. The van der Waals surface area contributed by atoms with Crippen molar-refractivity contribution in [2.75, 3.05) is 0 Å². The van der Waals surface area contributed by atoms with Gasteiger partial charge in [-0.2, -0.15) is 0 Å². The van der Waals surface area contributed by atoms with Gasteiger partial charge in [-0.25, -0.2) is 9.97 Å². The first-order valence-electron chi connectivity index (χ1n) is 7.63. The van der Waals surface area contributed by atoms with E-state index in [-0.39, 0.29) is 0 Å². The molecule has 24 heavy (non-hydrogen) atoms. The van der Waals surface area contributed by atoms with Gasteiger partial charge in [0.1, 0.15) is 10.8 Å². The van der Waals surface area contributed by atoms with Gasteiger partial charge >= 0.3 is 0 Å². The highest BCUT2D eigenvalue weighted by Gasteiger charge is 2.13. The van der Waals surface area contributed by atoms with Crippen molar-refractivity contribution in [3.05, 3.63) is 67.0 Å². The number of aromatic nitrogens is 4. The highest BCUT2D eigenvalue weighted by Crippen LogP contribution is 2.34. The van der Waals surface area contributed by atoms with Crippen LogP contribution >= 0.6 is 11.3 Å². The number of H-pyrrole nitrogens is 1. The number of aromatic amines is 1. The first kappa shape index (κ1) is 13.4. The molecule has 0 amide bonds. The van der Waals surface area contributed by atoms with Crippen molar-refractivity contribution in [1.29, 1.82) is 0 Å². The van der Waals surface area contributed by atoms with Crippen LogP contribution in [0, 0.1) is 0 Å². The minimum Gasteiger partial charge on any atom is -0.337 e. The van der Waals surface area contributed by atoms with Crippen LogP contribution in [-0.4, -0.2) is 19.9 Å². The lowest BCUT2D eigenvalue weighted by molar-refractivity contribution is 1.33. The van der Waals surface area contributed by atoms with E-state index in [0.29, 0.717) is 0 Å². The fraction of sp³-hybridized carbons (Fsp3) is 0. The first-order valence-corrected chi connectivity index (χ1v) is 8.45. The molecule has 0 fully saturated rings. The van der Waals surface area contributed by atoms with Crippen molar-refractivity contribution in [2.24, 2.45) is 0 Å². The normalized spacial score (nSPS) is 11.3. The summed E-state index contributed by atoms with van der Waals surface area (Å²) in [6.45, 7) is 0. The van der Waals surface area contributed by atoms with Gasteiger partial charge in [0.05, 0.1) is 21.3 Å². The second-order valence-corrected chi connectivity index (χ2v) is 6.54. The van der Waals surface area contributed by atoms with Crippen molar-refractivity contribution >= 4 is 32.6 Å². The lowest BCUT2D eigenvalue weighted by atomic mass is 10.2. The lowest BCUT2D eigenvalue weighted by Gasteiger charge is -1.97. The molecule has 1 N–H and O–H groups in total. The number of nitrogens with zero attached hydrogens (tertiary/aromatic N) is 3.